The molecule has 0 aliphatic carbocycles. The van der Waals surface area contributed by atoms with E-state index in [1.54, 1.807) is 37.1 Å². The highest BCUT2D eigenvalue weighted by atomic mass is 32.2. The largest absolute Gasteiger partial charge is 0.496 e. The van der Waals surface area contributed by atoms with Gasteiger partial charge in [0.05, 0.1) is 13.7 Å². The first-order valence-electron chi connectivity index (χ1n) is 7.35. The molecule has 120 valence electrons. The van der Waals surface area contributed by atoms with Gasteiger partial charge in [0.15, 0.2) is 5.78 Å². The van der Waals surface area contributed by atoms with Crippen molar-refractivity contribution in [2.24, 2.45) is 0 Å². The van der Waals surface area contributed by atoms with E-state index in [1.165, 1.54) is 0 Å². The van der Waals surface area contributed by atoms with Crippen LogP contribution >= 0.6 is 11.8 Å². The van der Waals surface area contributed by atoms with E-state index in [4.69, 9.17) is 9.47 Å². The Kier molecular flexibility index (Phi) is 6.29. The molecule has 2 rings (SSSR count). The van der Waals surface area contributed by atoms with Gasteiger partial charge in [-0.2, -0.15) is 0 Å². The van der Waals surface area contributed by atoms with Crippen LogP contribution in [0.4, 0.5) is 0 Å². The van der Waals surface area contributed by atoms with Crippen molar-refractivity contribution in [3.8, 4) is 11.5 Å². The maximum absolute atomic E-state index is 12.3. The van der Waals surface area contributed by atoms with Crippen molar-refractivity contribution < 1.29 is 14.3 Å². The molecule has 0 saturated carbocycles. The number of ether oxygens (including phenoxy) is 2. The lowest BCUT2D eigenvalue weighted by Crippen LogP contribution is -1.96. The minimum atomic E-state index is -0.0511. The van der Waals surface area contributed by atoms with Crippen LogP contribution in [-0.2, 0) is 0 Å². The average molecular weight is 328 g/mol. The van der Waals surface area contributed by atoms with Crippen molar-refractivity contribution >= 4 is 23.6 Å². The minimum Gasteiger partial charge on any atom is -0.496 e. The van der Waals surface area contributed by atoms with Crippen molar-refractivity contribution in [3.63, 3.8) is 0 Å². The molecule has 0 aliphatic rings. The van der Waals surface area contributed by atoms with Crippen molar-refractivity contribution in [3.05, 3.63) is 59.7 Å². The molecule has 0 heterocycles. The standard InChI is InChI=1S/C19H20O3S/c1-4-22-16-9-5-14(6-10-16)7-11-17(20)15-8-12-19(23-3)18(13-15)21-2/h5-13H,4H2,1-3H3. The first-order chi connectivity index (χ1) is 11.2. The van der Waals surface area contributed by atoms with E-state index in [2.05, 4.69) is 0 Å². The van der Waals surface area contributed by atoms with E-state index in [1.807, 2.05) is 49.6 Å². The maximum atomic E-state index is 12.3. The Bertz CT molecular complexity index is 690. The third kappa shape index (κ3) is 4.63. The second-order valence-corrected chi connectivity index (χ2v) is 5.62. The molecule has 0 spiro atoms. The fourth-order valence-corrected chi connectivity index (χ4v) is 2.65. The van der Waals surface area contributed by atoms with Crippen LogP contribution in [0.2, 0.25) is 0 Å². The molecule has 2 aromatic rings. The number of hydrogen-bond acceptors (Lipinski definition) is 4. The zero-order valence-corrected chi connectivity index (χ0v) is 14.4. The van der Waals surface area contributed by atoms with E-state index in [0.29, 0.717) is 12.2 Å². The predicted molar refractivity (Wildman–Crippen MR) is 95.8 cm³/mol. The Morgan fingerprint density at radius 1 is 1.17 bits per heavy atom. The molecular formula is C19H20O3S. The lowest BCUT2D eigenvalue weighted by atomic mass is 10.1. The quantitative estimate of drug-likeness (QED) is 0.419. The minimum absolute atomic E-state index is 0.0511. The van der Waals surface area contributed by atoms with Crippen LogP contribution in [0.15, 0.2) is 53.4 Å². The van der Waals surface area contributed by atoms with E-state index in [9.17, 15) is 4.79 Å². The average Bonchev–Trinajstić information content (AvgIpc) is 2.60. The fourth-order valence-electron chi connectivity index (χ4n) is 2.10. The second-order valence-electron chi connectivity index (χ2n) is 4.77. The summed E-state index contributed by atoms with van der Waals surface area (Å²) in [6, 6.07) is 13.1. The Morgan fingerprint density at radius 2 is 1.91 bits per heavy atom. The fraction of sp³-hybridized carbons (Fsp3) is 0.211. The molecule has 23 heavy (non-hydrogen) atoms. The third-order valence-electron chi connectivity index (χ3n) is 3.29. The van der Waals surface area contributed by atoms with E-state index in [0.717, 1.165) is 22.0 Å². The molecule has 0 unspecified atom stereocenters. The van der Waals surface area contributed by atoms with Crippen LogP contribution in [0.3, 0.4) is 0 Å². The monoisotopic (exact) mass is 328 g/mol. The van der Waals surface area contributed by atoms with E-state index >= 15 is 0 Å². The number of hydrogen-bond donors (Lipinski definition) is 0. The molecule has 2 aromatic carbocycles. The summed E-state index contributed by atoms with van der Waals surface area (Å²) in [5.41, 5.74) is 1.57. The van der Waals surface area contributed by atoms with Crippen LogP contribution in [0.5, 0.6) is 11.5 Å². The summed E-state index contributed by atoms with van der Waals surface area (Å²) in [7, 11) is 1.61. The predicted octanol–water partition coefficient (Wildman–Crippen LogP) is 4.71. The first kappa shape index (κ1) is 17.2. The zero-order valence-electron chi connectivity index (χ0n) is 13.5. The van der Waals surface area contributed by atoms with Gasteiger partial charge in [-0.25, -0.2) is 0 Å². The molecule has 0 radical (unpaired) electrons. The molecule has 4 heteroatoms. The lowest BCUT2D eigenvalue weighted by Gasteiger charge is -2.07. The Morgan fingerprint density at radius 3 is 2.52 bits per heavy atom. The van der Waals surface area contributed by atoms with Gasteiger partial charge >= 0.3 is 0 Å². The van der Waals surface area contributed by atoms with Gasteiger partial charge in [0.25, 0.3) is 0 Å². The molecule has 0 aromatic heterocycles. The number of benzene rings is 2. The Hall–Kier alpha value is -2.20. The van der Waals surface area contributed by atoms with Crippen molar-refractivity contribution in [1.29, 1.82) is 0 Å². The van der Waals surface area contributed by atoms with E-state index in [-0.39, 0.29) is 5.78 Å². The lowest BCUT2D eigenvalue weighted by molar-refractivity contribution is 0.104. The Balaban J connectivity index is 2.11. The number of carbonyl (C=O) groups is 1. The van der Waals surface area contributed by atoms with Gasteiger partial charge in [-0.1, -0.05) is 18.2 Å². The van der Waals surface area contributed by atoms with E-state index < -0.39 is 0 Å². The summed E-state index contributed by atoms with van der Waals surface area (Å²) in [4.78, 5) is 13.3. The molecule has 0 amide bonds. The molecule has 0 atom stereocenters. The number of allylic oxidation sites excluding steroid dienone is 1. The molecule has 0 saturated heterocycles. The van der Waals surface area contributed by atoms with Crippen molar-refractivity contribution in [2.45, 2.75) is 11.8 Å². The summed E-state index contributed by atoms with van der Waals surface area (Å²) in [6.07, 6.45) is 5.35. The first-order valence-corrected chi connectivity index (χ1v) is 8.57. The summed E-state index contributed by atoms with van der Waals surface area (Å²) in [6.45, 7) is 2.59. The van der Waals surface area contributed by atoms with Gasteiger partial charge in [0.1, 0.15) is 11.5 Å². The van der Waals surface area contributed by atoms with Gasteiger partial charge in [0.2, 0.25) is 0 Å². The SMILES string of the molecule is CCOc1ccc(C=CC(=O)c2ccc(SC)c(OC)c2)cc1. The molecule has 3 nitrogen and oxygen atoms in total. The summed E-state index contributed by atoms with van der Waals surface area (Å²) in [5, 5.41) is 0. The zero-order chi connectivity index (χ0) is 16.7. The van der Waals surface area contributed by atoms with Crippen molar-refractivity contribution in [2.75, 3.05) is 20.0 Å². The van der Waals surface area contributed by atoms with Crippen LogP contribution in [0.1, 0.15) is 22.8 Å². The highest BCUT2D eigenvalue weighted by Gasteiger charge is 2.07. The molecule has 0 N–H and O–H groups in total. The second kappa shape index (κ2) is 8.44. The number of rotatable bonds is 7. The summed E-state index contributed by atoms with van der Waals surface area (Å²) >= 11 is 1.59. The maximum Gasteiger partial charge on any atom is 0.185 e. The van der Waals surface area contributed by atoms with Crippen molar-refractivity contribution in [1.82, 2.24) is 0 Å². The molecule has 0 aliphatic heterocycles. The molecular weight excluding hydrogens is 308 g/mol. The van der Waals surface area contributed by atoms with Gasteiger partial charge in [0, 0.05) is 10.5 Å². The smallest absolute Gasteiger partial charge is 0.185 e. The number of methoxy groups -OCH3 is 1. The Labute approximate surface area is 141 Å². The number of carbonyl (C=O) groups excluding carboxylic acids is 1. The normalized spacial score (nSPS) is 10.7. The van der Waals surface area contributed by atoms with Crippen LogP contribution in [0.25, 0.3) is 6.08 Å². The summed E-state index contributed by atoms with van der Waals surface area (Å²) in [5.74, 6) is 1.50. The van der Waals surface area contributed by atoms with Crippen LogP contribution < -0.4 is 9.47 Å². The summed E-state index contributed by atoms with van der Waals surface area (Å²) < 4.78 is 10.7. The molecule has 0 fully saturated rings. The number of thioether (sulfide) groups is 1. The third-order valence-corrected chi connectivity index (χ3v) is 4.06. The van der Waals surface area contributed by atoms with Gasteiger partial charge < -0.3 is 9.47 Å². The topological polar surface area (TPSA) is 35.5 Å². The van der Waals surface area contributed by atoms with Crippen LogP contribution in [0, 0.1) is 0 Å². The highest BCUT2D eigenvalue weighted by Crippen LogP contribution is 2.28. The molecule has 0 bridgehead atoms. The number of ketones is 1. The van der Waals surface area contributed by atoms with Gasteiger partial charge in [-0.05, 0) is 55.2 Å². The highest BCUT2D eigenvalue weighted by molar-refractivity contribution is 7.98. The van der Waals surface area contributed by atoms with Crippen LogP contribution in [-0.4, -0.2) is 25.8 Å². The van der Waals surface area contributed by atoms with Gasteiger partial charge in [-0.3, -0.25) is 4.79 Å². The van der Waals surface area contributed by atoms with Gasteiger partial charge in [-0.15, -0.1) is 11.8 Å².